The van der Waals surface area contributed by atoms with E-state index in [-0.39, 0.29) is 48.1 Å². The van der Waals surface area contributed by atoms with Crippen molar-refractivity contribution in [1.82, 2.24) is 30.3 Å². The molecule has 0 spiro atoms. The van der Waals surface area contributed by atoms with E-state index in [1.54, 1.807) is 60.1 Å². The lowest BCUT2D eigenvalue weighted by molar-refractivity contribution is -0.148. The van der Waals surface area contributed by atoms with E-state index < -0.39 is 53.3 Å². The summed E-state index contributed by atoms with van der Waals surface area (Å²) in [6, 6.07) is 7.89. The molecule has 3 heterocycles. The summed E-state index contributed by atoms with van der Waals surface area (Å²) in [5.41, 5.74) is -0.863. The van der Waals surface area contributed by atoms with Crippen molar-refractivity contribution < 1.29 is 38.2 Å². The number of rotatable bonds is 19. The third kappa shape index (κ3) is 12.6. The third-order valence-electron chi connectivity index (χ3n) is 12.8. The summed E-state index contributed by atoms with van der Waals surface area (Å²) < 4.78 is 17.8. The molecule has 2 aliphatic heterocycles. The lowest BCUT2D eigenvalue weighted by atomic mass is 9.86. The van der Waals surface area contributed by atoms with Crippen LogP contribution >= 0.6 is 11.3 Å². The van der Waals surface area contributed by atoms with Crippen LogP contribution in [0, 0.1) is 17.8 Å². The predicted molar refractivity (Wildman–Crippen MR) is 241 cm³/mol. The number of carbonyl (C=O) groups excluding carboxylic acids is 5. The van der Waals surface area contributed by atoms with Gasteiger partial charge in [0.1, 0.15) is 22.2 Å². The topological polar surface area (TPSA) is 160 Å². The monoisotopic (exact) mass is 883 g/mol. The number of likely N-dealkylation sites (tertiary alicyclic amines) is 2. The second kappa shape index (κ2) is 22.5. The Labute approximate surface area is 374 Å². The first-order valence-electron chi connectivity index (χ1n) is 22.4. The quantitative estimate of drug-likeness (QED) is 0.155. The maximum Gasteiger partial charge on any atom is 0.411 e. The Kier molecular flexibility index (Phi) is 18.4. The fourth-order valence-electron chi connectivity index (χ4n) is 9.06. The van der Waals surface area contributed by atoms with Gasteiger partial charge in [-0.1, -0.05) is 71.4 Å². The van der Waals surface area contributed by atoms with Gasteiger partial charge in [0.05, 0.1) is 42.7 Å². The van der Waals surface area contributed by atoms with Crippen LogP contribution in [0.4, 0.5) is 4.79 Å². The summed E-state index contributed by atoms with van der Waals surface area (Å²) in [5, 5.41) is 8.99. The number of likely N-dealkylation sites (N-methyl/N-ethyl adjacent to an activating group) is 1. The van der Waals surface area contributed by atoms with Gasteiger partial charge in [0.15, 0.2) is 0 Å². The number of nitrogens with zero attached hydrogens (tertiary/aromatic N) is 4. The van der Waals surface area contributed by atoms with Crippen LogP contribution in [0.3, 0.4) is 0 Å². The lowest BCUT2D eigenvalue weighted by Gasteiger charge is -2.45. The Hall–Kier alpha value is -4.08. The minimum atomic E-state index is -1.21. The Bertz CT molecular complexity index is 1770. The molecule has 2 aliphatic rings. The molecule has 0 saturated carbocycles. The first kappa shape index (κ1) is 50.6. The number of hydrogen-bond donors (Lipinski definition) is 2. The van der Waals surface area contributed by atoms with Gasteiger partial charge in [-0.05, 0) is 83.6 Å². The standard InChI is InChI=1S/C47H74N6O8S/c1-13-31(4)39(51(10)43(56)38(30(2)3)50-44(57)47(9)23-17-18-26-53(47)45(58)61-46(6,7)8)36(59-11)29-37(54)52-25-19-22-35(52)40(60-12)32(5)41(55)49-34(42-48-24-27-62-42)28-33-20-15-14-16-21-33/h14-16,20-21,24,27,30-32,34-36,38-40H,13,17-19,22-23,25-26,28-29H2,1-12H3,(H,49,55)(H,50,57)/t31-,32+,34-,35-,36+,38-,39?,40+,47-/m0/s1. The predicted octanol–water partition coefficient (Wildman–Crippen LogP) is 6.78. The summed E-state index contributed by atoms with van der Waals surface area (Å²) in [6.07, 6.45) is 4.58. The van der Waals surface area contributed by atoms with E-state index in [2.05, 4.69) is 15.6 Å². The lowest BCUT2D eigenvalue weighted by Crippen LogP contribution is -2.65. The molecule has 2 N–H and O–H groups in total. The Morgan fingerprint density at radius 2 is 1.68 bits per heavy atom. The second-order valence-corrected chi connectivity index (χ2v) is 19.7. The molecule has 1 aromatic carbocycles. The first-order valence-corrected chi connectivity index (χ1v) is 23.3. The maximum atomic E-state index is 14.6. The summed E-state index contributed by atoms with van der Waals surface area (Å²) in [6.45, 7) is 17.7. The van der Waals surface area contributed by atoms with Gasteiger partial charge < -0.3 is 34.6 Å². The molecule has 2 aromatic rings. The molecule has 1 unspecified atom stereocenters. The molecule has 4 rings (SSSR count). The molecule has 62 heavy (non-hydrogen) atoms. The molecular weight excluding hydrogens is 809 g/mol. The SMILES string of the molecule is CC[C@H](C)C([C@@H](CC(=O)N1CCC[C@H]1[C@H](OC)[C@@H](C)C(=O)N[C@@H](Cc1ccccc1)c1nccs1)OC)N(C)C(=O)[C@@H](NC(=O)[C@]1(C)CCCCN1C(=O)OC(C)(C)C)C(C)C. The van der Waals surface area contributed by atoms with E-state index in [0.717, 1.165) is 29.8 Å². The van der Waals surface area contributed by atoms with Crippen molar-refractivity contribution in [1.29, 1.82) is 0 Å². The smallest absolute Gasteiger partial charge is 0.411 e. The molecule has 2 saturated heterocycles. The fourth-order valence-corrected chi connectivity index (χ4v) is 9.75. The average molecular weight is 883 g/mol. The number of carbonyl (C=O) groups is 5. The zero-order chi connectivity index (χ0) is 45.9. The molecule has 2 fully saturated rings. The number of ether oxygens (including phenoxy) is 3. The van der Waals surface area contributed by atoms with E-state index in [1.165, 1.54) is 16.2 Å². The fraction of sp³-hybridized carbons (Fsp3) is 0.702. The zero-order valence-electron chi connectivity index (χ0n) is 39.3. The van der Waals surface area contributed by atoms with E-state index in [9.17, 15) is 24.0 Å². The van der Waals surface area contributed by atoms with Crippen molar-refractivity contribution in [3.63, 3.8) is 0 Å². The van der Waals surface area contributed by atoms with Crippen LogP contribution in [0.25, 0.3) is 0 Å². The molecule has 0 bridgehead atoms. The largest absolute Gasteiger partial charge is 0.444 e. The maximum absolute atomic E-state index is 14.6. The molecular formula is C47H74N6O8S. The highest BCUT2D eigenvalue weighted by atomic mass is 32.1. The second-order valence-electron chi connectivity index (χ2n) is 18.8. The number of benzene rings is 1. The number of thiazole rings is 1. The van der Waals surface area contributed by atoms with Gasteiger partial charge in [-0.3, -0.25) is 24.1 Å². The normalized spacial score (nSPS) is 21.6. The van der Waals surface area contributed by atoms with Crippen molar-refractivity contribution in [2.45, 2.75) is 161 Å². The van der Waals surface area contributed by atoms with Gasteiger partial charge in [-0.15, -0.1) is 11.3 Å². The van der Waals surface area contributed by atoms with Gasteiger partial charge in [0.25, 0.3) is 0 Å². The van der Waals surface area contributed by atoms with Crippen LogP contribution in [0.2, 0.25) is 0 Å². The summed E-state index contributed by atoms with van der Waals surface area (Å²) in [5.74, 6) is -1.99. The molecule has 15 heteroatoms. The Balaban J connectivity index is 1.50. The van der Waals surface area contributed by atoms with Gasteiger partial charge >= 0.3 is 6.09 Å². The summed E-state index contributed by atoms with van der Waals surface area (Å²) in [7, 11) is 4.86. The summed E-state index contributed by atoms with van der Waals surface area (Å²) >= 11 is 1.50. The molecule has 1 aromatic heterocycles. The van der Waals surface area contributed by atoms with E-state index in [4.69, 9.17) is 14.2 Å². The van der Waals surface area contributed by atoms with Crippen LogP contribution in [0.5, 0.6) is 0 Å². The van der Waals surface area contributed by atoms with E-state index in [1.807, 2.05) is 75.2 Å². The van der Waals surface area contributed by atoms with Gasteiger partial charge in [-0.25, -0.2) is 9.78 Å². The van der Waals surface area contributed by atoms with Crippen molar-refractivity contribution in [3.8, 4) is 0 Å². The van der Waals surface area contributed by atoms with E-state index >= 15 is 0 Å². The Morgan fingerprint density at radius 1 is 0.984 bits per heavy atom. The van der Waals surface area contributed by atoms with Crippen molar-refractivity contribution in [2.75, 3.05) is 34.4 Å². The minimum Gasteiger partial charge on any atom is -0.444 e. The number of aromatic nitrogens is 1. The highest BCUT2D eigenvalue weighted by molar-refractivity contribution is 7.09. The highest BCUT2D eigenvalue weighted by Crippen LogP contribution is 2.33. The number of hydrogen-bond acceptors (Lipinski definition) is 10. The number of methoxy groups -OCH3 is 2. The first-order chi connectivity index (χ1) is 29.3. The number of piperidine rings is 1. The van der Waals surface area contributed by atoms with Crippen LogP contribution < -0.4 is 10.6 Å². The molecule has 5 amide bonds. The van der Waals surface area contributed by atoms with Crippen molar-refractivity contribution in [3.05, 3.63) is 52.5 Å². The molecule has 9 atom stereocenters. The Morgan fingerprint density at radius 3 is 2.26 bits per heavy atom. The summed E-state index contributed by atoms with van der Waals surface area (Å²) in [4.78, 5) is 80.0. The van der Waals surface area contributed by atoms with Crippen LogP contribution in [0.15, 0.2) is 41.9 Å². The van der Waals surface area contributed by atoms with Crippen LogP contribution in [-0.4, -0.2) is 125 Å². The third-order valence-corrected chi connectivity index (χ3v) is 13.7. The van der Waals surface area contributed by atoms with Gasteiger partial charge in [0, 0.05) is 45.9 Å². The number of nitrogens with one attached hydrogen (secondary N) is 2. The van der Waals surface area contributed by atoms with Crippen molar-refractivity contribution >= 4 is 41.1 Å². The van der Waals surface area contributed by atoms with Gasteiger partial charge in [-0.2, -0.15) is 0 Å². The average Bonchev–Trinajstić information content (AvgIpc) is 3.95. The zero-order valence-corrected chi connectivity index (χ0v) is 40.1. The van der Waals surface area contributed by atoms with Crippen LogP contribution in [-0.2, 0) is 39.8 Å². The minimum absolute atomic E-state index is 0.00145. The highest BCUT2D eigenvalue weighted by Gasteiger charge is 2.48. The van der Waals surface area contributed by atoms with Crippen molar-refractivity contribution in [2.24, 2.45) is 17.8 Å². The van der Waals surface area contributed by atoms with Gasteiger partial charge in [0.2, 0.25) is 23.6 Å². The molecule has 14 nitrogen and oxygen atoms in total. The van der Waals surface area contributed by atoms with Crippen LogP contribution in [0.1, 0.15) is 124 Å². The molecule has 346 valence electrons. The number of amides is 5. The molecule has 0 radical (unpaired) electrons. The van der Waals surface area contributed by atoms with E-state index in [0.29, 0.717) is 38.8 Å². The molecule has 0 aliphatic carbocycles.